The van der Waals surface area contributed by atoms with Crippen molar-refractivity contribution in [3.05, 3.63) is 95.6 Å². The molecule has 0 aliphatic heterocycles. The summed E-state index contributed by atoms with van der Waals surface area (Å²) >= 11 is 0. The summed E-state index contributed by atoms with van der Waals surface area (Å²) in [6.07, 6.45) is 6.78. The third kappa shape index (κ3) is 5.54. The van der Waals surface area contributed by atoms with Crippen LogP contribution in [0.2, 0.25) is 0 Å². The molecule has 6 nitrogen and oxygen atoms in total. The van der Waals surface area contributed by atoms with Crippen molar-refractivity contribution in [2.24, 2.45) is 0 Å². The Bertz CT molecular complexity index is 1130. The molecule has 0 fully saturated rings. The molecular formula is C24H22N4O2. The molecule has 150 valence electrons. The minimum absolute atomic E-state index is 0.216. The van der Waals surface area contributed by atoms with E-state index in [9.17, 15) is 4.79 Å². The van der Waals surface area contributed by atoms with Crippen LogP contribution in [0.5, 0.6) is 0 Å². The molecule has 4 aromatic rings. The molecule has 6 heteroatoms. The first-order chi connectivity index (χ1) is 14.4. The molecule has 4 rings (SSSR count). The predicted molar refractivity (Wildman–Crippen MR) is 116 cm³/mol. The molecule has 4 aromatic heterocycles. The van der Waals surface area contributed by atoms with Gasteiger partial charge in [-0.1, -0.05) is 0 Å². The first kappa shape index (κ1) is 20.8. The molecule has 0 atom stereocenters. The van der Waals surface area contributed by atoms with Crippen LogP contribution in [0.15, 0.2) is 73.3 Å². The van der Waals surface area contributed by atoms with Gasteiger partial charge in [0.2, 0.25) is 0 Å². The Morgan fingerprint density at radius 2 is 0.933 bits per heavy atom. The fourth-order valence-corrected chi connectivity index (χ4v) is 2.73. The molecule has 0 saturated heterocycles. The van der Waals surface area contributed by atoms with Gasteiger partial charge in [-0.3, -0.25) is 19.9 Å². The van der Waals surface area contributed by atoms with Crippen LogP contribution in [-0.2, 0) is 0 Å². The van der Waals surface area contributed by atoms with Crippen LogP contribution in [-0.4, -0.2) is 31.0 Å². The van der Waals surface area contributed by atoms with Crippen molar-refractivity contribution in [2.45, 2.75) is 20.8 Å². The van der Waals surface area contributed by atoms with Crippen LogP contribution in [0.3, 0.4) is 0 Å². The van der Waals surface area contributed by atoms with E-state index in [1.165, 1.54) is 29.5 Å². The van der Waals surface area contributed by atoms with Gasteiger partial charge in [-0.2, -0.15) is 0 Å². The van der Waals surface area contributed by atoms with E-state index in [1.54, 1.807) is 6.20 Å². The van der Waals surface area contributed by atoms with Crippen molar-refractivity contribution in [1.82, 2.24) is 19.9 Å². The van der Waals surface area contributed by atoms with Crippen LogP contribution in [0.25, 0.3) is 22.8 Å². The van der Waals surface area contributed by atoms with E-state index in [0.29, 0.717) is 11.4 Å². The van der Waals surface area contributed by atoms with E-state index >= 15 is 0 Å². The lowest BCUT2D eigenvalue weighted by molar-refractivity contribution is 0.0697. The van der Waals surface area contributed by atoms with E-state index < -0.39 is 5.97 Å². The Labute approximate surface area is 175 Å². The van der Waals surface area contributed by atoms with Crippen LogP contribution in [0.1, 0.15) is 27.0 Å². The Hall–Kier alpha value is -3.93. The summed E-state index contributed by atoms with van der Waals surface area (Å²) < 4.78 is 0. The standard InChI is InChI=1S/C12H10N2O2.C12H12N2/c1-8-2-4-13-10(6-8)11-7-9(12(15)16)3-5-14-11;1-9-3-5-13-11(7-9)12-8-10(2)4-6-14-12/h2-7H,1H3,(H,15,16);3-8H,1-2H3. The molecular weight excluding hydrogens is 376 g/mol. The second-order valence-electron chi connectivity index (χ2n) is 6.89. The van der Waals surface area contributed by atoms with Gasteiger partial charge in [-0.25, -0.2) is 4.79 Å². The molecule has 0 spiro atoms. The molecule has 0 aliphatic rings. The second-order valence-corrected chi connectivity index (χ2v) is 6.89. The maximum absolute atomic E-state index is 10.8. The third-order valence-electron chi connectivity index (χ3n) is 4.28. The van der Waals surface area contributed by atoms with E-state index in [1.807, 2.05) is 55.7 Å². The lowest BCUT2D eigenvalue weighted by Crippen LogP contribution is -1.97. The Morgan fingerprint density at radius 3 is 1.27 bits per heavy atom. The topological polar surface area (TPSA) is 88.9 Å². The summed E-state index contributed by atoms with van der Waals surface area (Å²) in [5, 5.41) is 8.86. The van der Waals surface area contributed by atoms with Gasteiger partial charge in [0.15, 0.2) is 0 Å². The average molecular weight is 398 g/mol. The molecule has 0 amide bonds. The first-order valence-corrected chi connectivity index (χ1v) is 9.40. The number of hydrogen-bond acceptors (Lipinski definition) is 5. The van der Waals surface area contributed by atoms with Crippen molar-refractivity contribution in [1.29, 1.82) is 0 Å². The van der Waals surface area contributed by atoms with Gasteiger partial charge in [-0.15, -0.1) is 0 Å². The normalized spacial score (nSPS) is 10.1. The summed E-state index contributed by atoms with van der Waals surface area (Å²) in [4.78, 5) is 27.6. The first-order valence-electron chi connectivity index (χ1n) is 9.40. The molecule has 0 unspecified atom stereocenters. The number of carboxylic acid groups (broad SMARTS) is 1. The number of aromatic nitrogens is 4. The van der Waals surface area contributed by atoms with Crippen LogP contribution in [0.4, 0.5) is 0 Å². The zero-order chi connectivity index (χ0) is 21.5. The molecule has 0 radical (unpaired) electrons. The molecule has 0 aliphatic carbocycles. The van der Waals surface area contributed by atoms with Crippen molar-refractivity contribution >= 4 is 5.97 Å². The largest absolute Gasteiger partial charge is 0.478 e. The predicted octanol–water partition coefficient (Wildman–Crippen LogP) is 4.91. The highest BCUT2D eigenvalue weighted by molar-refractivity contribution is 5.88. The van der Waals surface area contributed by atoms with E-state index in [4.69, 9.17) is 5.11 Å². The monoisotopic (exact) mass is 398 g/mol. The smallest absolute Gasteiger partial charge is 0.335 e. The Morgan fingerprint density at radius 1 is 0.600 bits per heavy atom. The quantitative estimate of drug-likeness (QED) is 0.527. The number of aryl methyl sites for hydroxylation is 3. The highest BCUT2D eigenvalue weighted by Gasteiger charge is 2.06. The molecule has 0 saturated carbocycles. The fraction of sp³-hybridized carbons (Fsp3) is 0.125. The maximum atomic E-state index is 10.8. The Kier molecular flexibility index (Phi) is 6.60. The highest BCUT2D eigenvalue weighted by atomic mass is 16.4. The van der Waals surface area contributed by atoms with Crippen LogP contribution >= 0.6 is 0 Å². The van der Waals surface area contributed by atoms with Gasteiger partial charge in [-0.05, 0) is 86.0 Å². The Balaban J connectivity index is 0.000000172. The van der Waals surface area contributed by atoms with Crippen molar-refractivity contribution in [3.63, 3.8) is 0 Å². The third-order valence-corrected chi connectivity index (χ3v) is 4.28. The van der Waals surface area contributed by atoms with Gasteiger partial charge in [0.05, 0.1) is 28.3 Å². The highest BCUT2D eigenvalue weighted by Crippen LogP contribution is 2.17. The van der Waals surface area contributed by atoms with Gasteiger partial charge in [0.25, 0.3) is 0 Å². The number of aromatic carboxylic acids is 1. The second kappa shape index (κ2) is 9.52. The van der Waals surface area contributed by atoms with Gasteiger partial charge >= 0.3 is 5.97 Å². The van der Waals surface area contributed by atoms with Crippen LogP contribution in [0, 0.1) is 20.8 Å². The number of hydrogen-bond donors (Lipinski definition) is 1. The van der Waals surface area contributed by atoms with Gasteiger partial charge < -0.3 is 5.11 Å². The average Bonchev–Trinajstić information content (AvgIpc) is 2.74. The van der Waals surface area contributed by atoms with Crippen molar-refractivity contribution < 1.29 is 9.90 Å². The number of rotatable bonds is 3. The zero-order valence-corrected chi connectivity index (χ0v) is 17.1. The number of nitrogens with zero attached hydrogens (tertiary/aromatic N) is 4. The molecule has 30 heavy (non-hydrogen) atoms. The fourth-order valence-electron chi connectivity index (χ4n) is 2.73. The van der Waals surface area contributed by atoms with E-state index in [0.717, 1.165) is 17.0 Å². The molecule has 4 heterocycles. The van der Waals surface area contributed by atoms with Crippen LogP contribution < -0.4 is 0 Å². The molecule has 1 N–H and O–H groups in total. The number of carboxylic acids is 1. The summed E-state index contributed by atoms with van der Waals surface area (Å²) in [7, 11) is 0. The number of carbonyl (C=O) groups is 1. The SMILES string of the molecule is Cc1ccnc(-c2cc(C(=O)O)ccn2)c1.Cc1ccnc(-c2cc(C)ccn2)c1. The van der Waals surface area contributed by atoms with Crippen molar-refractivity contribution in [3.8, 4) is 22.8 Å². The maximum Gasteiger partial charge on any atom is 0.335 e. The zero-order valence-electron chi connectivity index (χ0n) is 17.1. The number of pyridine rings is 4. The lowest BCUT2D eigenvalue weighted by Gasteiger charge is -2.01. The minimum Gasteiger partial charge on any atom is -0.478 e. The van der Waals surface area contributed by atoms with E-state index in [2.05, 4.69) is 33.8 Å². The minimum atomic E-state index is -0.962. The van der Waals surface area contributed by atoms with E-state index in [-0.39, 0.29) is 5.56 Å². The van der Waals surface area contributed by atoms with Gasteiger partial charge in [0.1, 0.15) is 0 Å². The summed E-state index contributed by atoms with van der Waals surface area (Å²) in [5.41, 5.74) is 6.83. The summed E-state index contributed by atoms with van der Waals surface area (Å²) in [5.74, 6) is -0.962. The van der Waals surface area contributed by atoms with Crippen molar-refractivity contribution in [2.75, 3.05) is 0 Å². The summed E-state index contributed by atoms with van der Waals surface area (Å²) in [6, 6.07) is 14.8. The molecule has 0 bridgehead atoms. The summed E-state index contributed by atoms with van der Waals surface area (Å²) in [6.45, 7) is 6.06. The van der Waals surface area contributed by atoms with Gasteiger partial charge in [0, 0.05) is 24.8 Å². The molecule has 0 aromatic carbocycles. The lowest BCUT2D eigenvalue weighted by atomic mass is 10.1.